The summed E-state index contributed by atoms with van der Waals surface area (Å²) in [6.45, 7) is 1.06. The zero-order valence-corrected chi connectivity index (χ0v) is 9.30. The zero-order chi connectivity index (χ0) is 10.7. The second kappa shape index (κ2) is 4.57. The van der Waals surface area contributed by atoms with Crippen molar-refractivity contribution in [3.63, 3.8) is 0 Å². The van der Waals surface area contributed by atoms with E-state index in [2.05, 4.69) is 0 Å². The van der Waals surface area contributed by atoms with E-state index in [4.69, 9.17) is 9.47 Å². The number of hydrogen-bond donors (Lipinski definition) is 0. The lowest BCUT2D eigenvalue weighted by Crippen LogP contribution is -2.18. The number of Topliss-reactive ketones (excluding diaryl/α,β-unsaturated/α-hetero) is 1. The number of rotatable bonds is 3. The topological polar surface area (TPSA) is 35.5 Å². The molecule has 0 amide bonds. The molecule has 1 aromatic rings. The maximum Gasteiger partial charge on any atom is 0.176 e. The van der Waals surface area contributed by atoms with E-state index in [1.54, 1.807) is 6.07 Å². The third-order valence-corrected chi connectivity index (χ3v) is 2.69. The molecule has 0 saturated heterocycles. The average molecular weight is 224 g/mol. The predicted octanol–water partition coefficient (Wildman–Crippen LogP) is 2.00. The van der Waals surface area contributed by atoms with Crippen molar-refractivity contribution in [3.8, 4) is 11.5 Å². The minimum atomic E-state index is 0.0878. The zero-order valence-electron chi connectivity index (χ0n) is 8.49. The van der Waals surface area contributed by atoms with Crippen LogP contribution < -0.4 is 9.47 Å². The first kappa shape index (κ1) is 10.4. The van der Waals surface area contributed by atoms with Gasteiger partial charge in [0.1, 0.15) is 13.2 Å². The molecule has 4 heteroatoms. The molecule has 0 N–H and O–H groups in total. The quantitative estimate of drug-likeness (QED) is 0.736. The largest absolute Gasteiger partial charge is 0.486 e. The van der Waals surface area contributed by atoms with Gasteiger partial charge in [-0.25, -0.2) is 0 Å². The smallest absolute Gasteiger partial charge is 0.176 e. The fourth-order valence-corrected chi connectivity index (χ4v) is 1.92. The summed E-state index contributed by atoms with van der Waals surface area (Å²) in [6.07, 6.45) is 1.91. The molecule has 2 rings (SSSR count). The number of ketones is 1. The fourth-order valence-electron chi connectivity index (χ4n) is 1.50. The van der Waals surface area contributed by atoms with Crippen LogP contribution in [0.5, 0.6) is 11.5 Å². The van der Waals surface area contributed by atoms with Crippen molar-refractivity contribution in [1.82, 2.24) is 0 Å². The van der Waals surface area contributed by atoms with Crippen molar-refractivity contribution in [2.75, 3.05) is 25.2 Å². The molecule has 1 aliphatic rings. The lowest BCUT2D eigenvalue weighted by atomic mass is 10.1. The number of thioether (sulfide) groups is 1. The maximum atomic E-state index is 11.8. The van der Waals surface area contributed by atoms with Crippen molar-refractivity contribution in [2.45, 2.75) is 0 Å². The molecule has 15 heavy (non-hydrogen) atoms. The van der Waals surface area contributed by atoms with Gasteiger partial charge in [-0.3, -0.25) is 4.79 Å². The van der Waals surface area contributed by atoms with E-state index in [0.717, 1.165) is 0 Å². The Balaban J connectivity index is 2.34. The van der Waals surface area contributed by atoms with Crippen LogP contribution in [0.4, 0.5) is 0 Å². The highest BCUT2D eigenvalue weighted by molar-refractivity contribution is 7.99. The number of para-hydroxylation sites is 1. The predicted molar refractivity (Wildman–Crippen MR) is 60.1 cm³/mol. The van der Waals surface area contributed by atoms with Gasteiger partial charge < -0.3 is 9.47 Å². The van der Waals surface area contributed by atoms with Gasteiger partial charge >= 0.3 is 0 Å². The van der Waals surface area contributed by atoms with Gasteiger partial charge in [0, 0.05) is 0 Å². The van der Waals surface area contributed by atoms with Crippen LogP contribution in [0.15, 0.2) is 18.2 Å². The van der Waals surface area contributed by atoms with Crippen LogP contribution in [0.3, 0.4) is 0 Å². The van der Waals surface area contributed by atoms with Crippen molar-refractivity contribution in [1.29, 1.82) is 0 Å². The summed E-state index contributed by atoms with van der Waals surface area (Å²) in [7, 11) is 0. The Morgan fingerprint density at radius 1 is 1.40 bits per heavy atom. The molecule has 1 aliphatic heterocycles. The molecule has 0 radical (unpaired) electrons. The first-order valence-electron chi connectivity index (χ1n) is 4.73. The van der Waals surface area contributed by atoms with Crippen LogP contribution >= 0.6 is 11.8 Å². The molecule has 0 atom stereocenters. The Kier molecular flexibility index (Phi) is 3.16. The van der Waals surface area contributed by atoms with Crippen molar-refractivity contribution in [3.05, 3.63) is 23.8 Å². The molecular formula is C11H12O3S. The molecule has 1 heterocycles. The number of benzene rings is 1. The van der Waals surface area contributed by atoms with Crippen LogP contribution in [0.25, 0.3) is 0 Å². The van der Waals surface area contributed by atoms with Crippen LogP contribution in [-0.4, -0.2) is 31.0 Å². The molecule has 0 spiro atoms. The van der Waals surface area contributed by atoms with Crippen LogP contribution in [0.2, 0.25) is 0 Å². The van der Waals surface area contributed by atoms with E-state index in [-0.39, 0.29) is 5.78 Å². The van der Waals surface area contributed by atoms with Crippen LogP contribution in [-0.2, 0) is 0 Å². The summed E-state index contributed by atoms with van der Waals surface area (Å²) in [6, 6.07) is 5.43. The summed E-state index contributed by atoms with van der Waals surface area (Å²) in [4.78, 5) is 11.8. The van der Waals surface area contributed by atoms with Crippen molar-refractivity contribution in [2.24, 2.45) is 0 Å². The van der Waals surface area contributed by atoms with E-state index in [1.807, 2.05) is 18.4 Å². The Hall–Kier alpha value is -1.16. The summed E-state index contributed by atoms with van der Waals surface area (Å²) in [5, 5.41) is 0. The number of ether oxygens (including phenoxy) is 2. The molecule has 1 aromatic carbocycles. The third-order valence-electron chi connectivity index (χ3n) is 2.14. The maximum absolute atomic E-state index is 11.8. The lowest BCUT2D eigenvalue weighted by molar-refractivity contribution is 0.101. The minimum Gasteiger partial charge on any atom is -0.486 e. The van der Waals surface area contributed by atoms with Gasteiger partial charge in [0.2, 0.25) is 0 Å². The number of carbonyl (C=O) groups excluding carboxylic acids is 1. The van der Waals surface area contributed by atoms with Gasteiger partial charge in [0.05, 0.1) is 11.3 Å². The van der Waals surface area contributed by atoms with E-state index < -0.39 is 0 Å². The first-order valence-corrected chi connectivity index (χ1v) is 6.13. The second-order valence-corrected chi connectivity index (χ2v) is 4.05. The first-order chi connectivity index (χ1) is 7.33. The molecule has 0 aliphatic carbocycles. The third kappa shape index (κ3) is 2.09. The summed E-state index contributed by atoms with van der Waals surface area (Å²) in [5.74, 6) is 1.83. The monoisotopic (exact) mass is 224 g/mol. The average Bonchev–Trinajstić information content (AvgIpc) is 2.28. The molecule has 0 aromatic heterocycles. The van der Waals surface area contributed by atoms with Crippen LogP contribution in [0, 0.1) is 0 Å². The molecule has 0 unspecified atom stereocenters. The Morgan fingerprint density at radius 3 is 3.00 bits per heavy atom. The summed E-state index contributed by atoms with van der Waals surface area (Å²) < 4.78 is 10.9. The van der Waals surface area contributed by atoms with Gasteiger partial charge in [0.15, 0.2) is 17.3 Å². The van der Waals surface area contributed by atoms with Gasteiger partial charge in [0.25, 0.3) is 0 Å². The van der Waals surface area contributed by atoms with Crippen molar-refractivity contribution < 1.29 is 14.3 Å². The van der Waals surface area contributed by atoms with E-state index in [9.17, 15) is 4.79 Å². The highest BCUT2D eigenvalue weighted by Crippen LogP contribution is 2.34. The van der Waals surface area contributed by atoms with Gasteiger partial charge in [-0.15, -0.1) is 0 Å². The highest BCUT2D eigenvalue weighted by atomic mass is 32.2. The normalized spacial score (nSPS) is 13.7. The van der Waals surface area contributed by atoms with Gasteiger partial charge in [-0.1, -0.05) is 6.07 Å². The Bertz CT molecular complexity index is 376. The Morgan fingerprint density at radius 2 is 2.20 bits per heavy atom. The number of fused-ring (bicyclic) bond motifs is 1. The standard InChI is InChI=1S/C11H12O3S/c1-15-7-9(12)8-3-2-4-10-11(8)14-6-5-13-10/h2-4H,5-7H2,1H3. The molecule has 0 saturated carbocycles. The van der Waals surface area contributed by atoms with E-state index >= 15 is 0 Å². The van der Waals surface area contributed by atoms with E-state index in [0.29, 0.717) is 36.0 Å². The molecule has 3 nitrogen and oxygen atoms in total. The van der Waals surface area contributed by atoms with Crippen molar-refractivity contribution >= 4 is 17.5 Å². The van der Waals surface area contributed by atoms with Gasteiger partial charge in [-0.2, -0.15) is 11.8 Å². The SMILES string of the molecule is CSCC(=O)c1cccc2c1OCCO2. The number of hydrogen-bond acceptors (Lipinski definition) is 4. The minimum absolute atomic E-state index is 0.0878. The van der Waals surface area contributed by atoms with Crippen LogP contribution in [0.1, 0.15) is 10.4 Å². The lowest BCUT2D eigenvalue weighted by Gasteiger charge is -2.20. The molecular weight excluding hydrogens is 212 g/mol. The Labute approximate surface area is 92.8 Å². The van der Waals surface area contributed by atoms with E-state index in [1.165, 1.54) is 11.8 Å². The van der Waals surface area contributed by atoms with Gasteiger partial charge in [-0.05, 0) is 18.4 Å². The summed E-state index contributed by atoms with van der Waals surface area (Å²) in [5.41, 5.74) is 0.626. The fraction of sp³-hybridized carbons (Fsp3) is 0.364. The molecule has 80 valence electrons. The summed E-state index contributed by atoms with van der Waals surface area (Å²) >= 11 is 1.51. The second-order valence-electron chi connectivity index (χ2n) is 3.19. The molecule has 0 bridgehead atoms. The number of carbonyl (C=O) groups is 1. The highest BCUT2D eigenvalue weighted by Gasteiger charge is 2.19. The molecule has 0 fully saturated rings.